The van der Waals surface area contributed by atoms with Gasteiger partial charge >= 0.3 is 0 Å². The number of amides is 1. The Labute approximate surface area is 138 Å². The first-order valence-corrected chi connectivity index (χ1v) is 8.43. The van der Waals surface area contributed by atoms with Gasteiger partial charge in [-0.3, -0.25) is 4.79 Å². The summed E-state index contributed by atoms with van der Waals surface area (Å²) in [6, 6.07) is 13.5. The van der Waals surface area contributed by atoms with Crippen LogP contribution in [0.25, 0.3) is 0 Å². The Morgan fingerprint density at radius 1 is 1.17 bits per heavy atom. The average Bonchev–Trinajstić information content (AvgIpc) is 3.26. The van der Waals surface area contributed by atoms with Crippen LogP contribution in [-0.4, -0.2) is 12.5 Å². The molecule has 1 aliphatic rings. The molecule has 23 heavy (non-hydrogen) atoms. The SMILES string of the molecule is O=C(Nc1ccccc1N1CCc2sccc2C1)c1ccco1. The number of nitrogens with one attached hydrogen (secondary N) is 1. The van der Waals surface area contributed by atoms with E-state index in [-0.39, 0.29) is 5.91 Å². The Kier molecular flexibility index (Phi) is 3.63. The summed E-state index contributed by atoms with van der Waals surface area (Å²) in [6.45, 7) is 1.84. The van der Waals surface area contributed by atoms with Crippen molar-refractivity contribution in [3.05, 3.63) is 70.3 Å². The molecule has 0 saturated heterocycles. The number of benzene rings is 1. The lowest BCUT2D eigenvalue weighted by Gasteiger charge is -2.30. The largest absolute Gasteiger partial charge is 0.459 e. The summed E-state index contributed by atoms with van der Waals surface area (Å²) in [5, 5.41) is 5.11. The van der Waals surface area contributed by atoms with Gasteiger partial charge in [-0.2, -0.15) is 0 Å². The van der Waals surface area contributed by atoms with Crippen molar-refractivity contribution in [1.82, 2.24) is 0 Å². The Balaban J connectivity index is 1.59. The first kappa shape index (κ1) is 14.1. The molecular formula is C18H16N2O2S. The second-order valence-electron chi connectivity index (χ2n) is 5.49. The van der Waals surface area contributed by atoms with E-state index in [4.69, 9.17) is 4.42 Å². The highest BCUT2D eigenvalue weighted by Crippen LogP contribution is 2.32. The Bertz CT molecular complexity index is 823. The van der Waals surface area contributed by atoms with Crippen molar-refractivity contribution in [1.29, 1.82) is 0 Å². The fourth-order valence-corrected chi connectivity index (χ4v) is 3.79. The third kappa shape index (κ3) is 2.75. The standard InChI is InChI=1S/C18H16N2O2S/c21-18(16-6-3-10-22-16)19-14-4-1-2-5-15(14)20-9-7-17-13(12-20)8-11-23-17/h1-6,8,10-11H,7,9,12H2,(H,19,21). The predicted molar refractivity (Wildman–Crippen MR) is 92.2 cm³/mol. The number of thiophene rings is 1. The van der Waals surface area contributed by atoms with Crippen LogP contribution < -0.4 is 10.2 Å². The van der Waals surface area contributed by atoms with Crippen molar-refractivity contribution in [2.75, 3.05) is 16.8 Å². The van der Waals surface area contributed by atoms with E-state index in [0.29, 0.717) is 5.76 Å². The van der Waals surface area contributed by atoms with Gasteiger partial charge in [-0.05, 0) is 47.7 Å². The van der Waals surface area contributed by atoms with E-state index in [1.54, 1.807) is 12.1 Å². The lowest BCUT2D eigenvalue weighted by atomic mass is 10.1. The number of furan rings is 1. The maximum atomic E-state index is 12.2. The van der Waals surface area contributed by atoms with Gasteiger partial charge in [0, 0.05) is 18.0 Å². The quantitative estimate of drug-likeness (QED) is 0.787. The molecule has 0 spiro atoms. The second-order valence-corrected chi connectivity index (χ2v) is 6.49. The molecule has 3 heterocycles. The molecule has 116 valence electrons. The normalized spacial score (nSPS) is 13.7. The van der Waals surface area contributed by atoms with Crippen LogP contribution in [0.15, 0.2) is 58.5 Å². The summed E-state index contributed by atoms with van der Waals surface area (Å²) in [7, 11) is 0. The van der Waals surface area contributed by atoms with Crippen LogP contribution in [0.1, 0.15) is 21.0 Å². The molecule has 1 amide bonds. The molecule has 1 aliphatic heterocycles. The number of nitrogens with zero attached hydrogens (tertiary/aromatic N) is 1. The van der Waals surface area contributed by atoms with Gasteiger partial charge in [0.15, 0.2) is 5.76 Å². The minimum absolute atomic E-state index is 0.226. The monoisotopic (exact) mass is 324 g/mol. The van der Waals surface area contributed by atoms with E-state index in [2.05, 4.69) is 27.7 Å². The Morgan fingerprint density at radius 3 is 2.96 bits per heavy atom. The molecule has 0 saturated carbocycles. The molecule has 4 nitrogen and oxygen atoms in total. The number of carbonyl (C=O) groups is 1. The molecule has 2 aromatic heterocycles. The van der Waals surface area contributed by atoms with E-state index in [1.807, 2.05) is 29.5 Å². The van der Waals surface area contributed by atoms with Crippen LogP contribution in [0.2, 0.25) is 0 Å². The summed E-state index contributed by atoms with van der Waals surface area (Å²) in [6.07, 6.45) is 2.55. The van der Waals surface area contributed by atoms with Crippen molar-refractivity contribution in [3.8, 4) is 0 Å². The number of anilines is 2. The number of hydrogen-bond donors (Lipinski definition) is 1. The maximum absolute atomic E-state index is 12.2. The van der Waals surface area contributed by atoms with Crippen LogP contribution in [-0.2, 0) is 13.0 Å². The smallest absolute Gasteiger partial charge is 0.291 e. The Morgan fingerprint density at radius 2 is 2.09 bits per heavy atom. The maximum Gasteiger partial charge on any atom is 0.291 e. The molecule has 0 radical (unpaired) electrons. The zero-order chi connectivity index (χ0) is 15.6. The number of fused-ring (bicyclic) bond motifs is 1. The van der Waals surface area contributed by atoms with Gasteiger partial charge in [0.2, 0.25) is 0 Å². The lowest BCUT2D eigenvalue weighted by molar-refractivity contribution is 0.0996. The minimum atomic E-state index is -0.226. The average molecular weight is 324 g/mol. The summed E-state index contributed by atoms with van der Waals surface area (Å²) in [5.41, 5.74) is 3.24. The van der Waals surface area contributed by atoms with E-state index in [0.717, 1.165) is 30.9 Å². The highest BCUT2D eigenvalue weighted by atomic mass is 32.1. The zero-order valence-corrected chi connectivity index (χ0v) is 13.3. The first-order chi connectivity index (χ1) is 11.3. The van der Waals surface area contributed by atoms with Crippen molar-refractivity contribution in [2.45, 2.75) is 13.0 Å². The topological polar surface area (TPSA) is 45.5 Å². The molecule has 0 atom stereocenters. The van der Waals surface area contributed by atoms with Gasteiger partial charge in [0.05, 0.1) is 17.6 Å². The number of carbonyl (C=O) groups excluding carboxylic acids is 1. The number of hydrogen-bond acceptors (Lipinski definition) is 4. The van der Waals surface area contributed by atoms with Gasteiger partial charge < -0.3 is 14.6 Å². The molecule has 5 heteroatoms. The lowest BCUT2D eigenvalue weighted by Crippen LogP contribution is -2.30. The summed E-state index contributed by atoms with van der Waals surface area (Å²) in [4.78, 5) is 16.0. The van der Waals surface area contributed by atoms with Gasteiger partial charge in [-0.15, -0.1) is 11.3 Å². The highest BCUT2D eigenvalue weighted by molar-refractivity contribution is 7.10. The van der Waals surface area contributed by atoms with Crippen molar-refractivity contribution >= 4 is 28.6 Å². The van der Waals surface area contributed by atoms with Crippen molar-refractivity contribution in [2.24, 2.45) is 0 Å². The predicted octanol–water partition coefficient (Wildman–Crippen LogP) is 4.16. The van der Waals surface area contributed by atoms with E-state index >= 15 is 0 Å². The molecule has 1 N–H and O–H groups in total. The molecule has 0 aliphatic carbocycles. The van der Waals surface area contributed by atoms with Gasteiger partial charge in [0.25, 0.3) is 5.91 Å². The molecule has 0 fully saturated rings. The van der Waals surface area contributed by atoms with Crippen LogP contribution in [0.3, 0.4) is 0 Å². The zero-order valence-electron chi connectivity index (χ0n) is 12.5. The van der Waals surface area contributed by atoms with Crippen LogP contribution in [0, 0.1) is 0 Å². The van der Waals surface area contributed by atoms with Crippen molar-refractivity contribution < 1.29 is 9.21 Å². The van der Waals surface area contributed by atoms with Crippen LogP contribution >= 0.6 is 11.3 Å². The molecule has 4 rings (SSSR count). The molecule has 0 unspecified atom stereocenters. The second kappa shape index (κ2) is 5.93. The van der Waals surface area contributed by atoms with E-state index in [9.17, 15) is 4.79 Å². The molecule has 3 aromatic rings. The summed E-state index contributed by atoms with van der Waals surface area (Å²) < 4.78 is 5.16. The van der Waals surface area contributed by atoms with E-state index in [1.165, 1.54) is 16.7 Å². The van der Waals surface area contributed by atoms with Gasteiger partial charge in [-0.1, -0.05) is 12.1 Å². The first-order valence-electron chi connectivity index (χ1n) is 7.55. The Hall–Kier alpha value is -2.53. The van der Waals surface area contributed by atoms with Gasteiger partial charge in [0.1, 0.15) is 0 Å². The molecule has 0 bridgehead atoms. The summed E-state index contributed by atoms with van der Waals surface area (Å²) >= 11 is 1.83. The third-order valence-electron chi connectivity index (χ3n) is 4.05. The minimum Gasteiger partial charge on any atom is -0.459 e. The van der Waals surface area contributed by atoms with Gasteiger partial charge in [-0.25, -0.2) is 0 Å². The summed E-state index contributed by atoms with van der Waals surface area (Å²) in [5.74, 6) is 0.0919. The van der Waals surface area contributed by atoms with Crippen molar-refractivity contribution in [3.63, 3.8) is 0 Å². The fraction of sp³-hybridized carbons (Fsp3) is 0.167. The molecule has 1 aromatic carbocycles. The van der Waals surface area contributed by atoms with Crippen LogP contribution in [0.4, 0.5) is 11.4 Å². The fourth-order valence-electron chi connectivity index (χ4n) is 2.90. The number of rotatable bonds is 3. The van der Waals surface area contributed by atoms with Crippen LogP contribution in [0.5, 0.6) is 0 Å². The third-order valence-corrected chi connectivity index (χ3v) is 5.07. The highest BCUT2D eigenvalue weighted by Gasteiger charge is 2.20. The molecular weight excluding hydrogens is 308 g/mol. The van der Waals surface area contributed by atoms with E-state index < -0.39 is 0 Å². The number of para-hydroxylation sites is 2.